The van der Waals surface area contributed by atoms with Gasteiger partial charge in [-0.3, -0.25) is 0 Å². The molecule has 1 N–H and O–H groups in total. The average molecular weight is 261 g/mol. The Morgan fingerprint density at radius 1 is 1.26 bits per heavy atom. The standard InChI is InChI=1S/C14H19N3O2/c1-9-6-5-7-10(15-9)13-16-12(19-17-13)8-11(18)14(2,3)4/h5-7,11,18H,8H2,1-4H3. The Kier molecular flexibility index (Phi) is 3.66. The van der Waals surface area contributed by atoms with Crippen LogP contribution in [0.2, 0.25) is 0 Å². The molecule has 0 fully saturated rings. The van der Waals surface area contributed by atoms with Gasteiger partial charge in [0.05, 0.1) is 12.5 Å². The lowest BCUT2D eigenvalue weighted by molar-refractivity contribution is 0.0565. The topological polar surface area (TPSA) is 72.0 Å². The summed E-state index contributed by atoms with van der Waals surface area (Å²) in [4.78, 5) is 8.61. The second-order valence-corrected chi connectivity index (χ2v) is 5.76. The van der Waals surface area contributed by atoms with E-state index in [1.165, 1.54) is 0 Å². The fourth-order valence-corrected chi connectivity index (χ4v) is 1.58. The van der Waals surface area contributed by atoms with Crippen LogP contribution in [0.5, 0.6) is 0 Å². The van der Waals surface area contributed by atoms with Gasteiger partial charge in [0.15, 0.2) is 0 Å². The molecule has 0 bridgehead atoms. The van der Waals surface area contributed by atoms with E-state index in [0.29, 0.717) is 23.8 Å². The van der Waals surface area contributed by atoms with Gasteiger partial charge in [0.1, 0.15) is 5.69 Å². The number of aliphatic hydroxyl groups excluding tert-OH is 1. The van der Waals surface area contributed by atoms with Crippen LogP contribution in [0.25, 0.3) is 11.5 Å². The van der Waals surface area contributed by atoms with Crippen molar-refractivity contribution in [2.75, 3.05) is 0 Å². The van der Waals surface area contributed by atoms with E-state index in [0.717, 1.165) is 5.69 Å². The summed E-state index contributed by atoms with van der Waals surface area (Å²) in [5, 5.41) is 13.9. The Hall–Kier alpha value is -1.75. The maximum absolute atomic E-state index is 10.0. The first kappa shape index (κ1) is 13.7. The maximum Gasteiger partial charge on any atom is 0.229 e. The van der Waals surface area contributed by atoms with Crippen LogP contribution in [0.4, 0.5) is 0 Å². The molecule has 0 radical (unpaired) electrons. The monoisotopic (exact) mass is 261 g/mol. The molecular weight excluding hydrogens is 242 g/mol. The van der Waals surface area contributed by atoms with E-state index in [9.17, 15) is 5.11 Å². The second-order valence-electron chi connectivity index (χ2n) is 5.76. The molecule has 0 aliphatic carbocycles. The van der Waals surface area contributed by atoms with E-state index >= 15 is 0 Å². The summed E-state index contributed by atoms with van der Waals surface area (Å²) in [5.74, 6) is 0.889. The lowest BCUT2D eigenvalue weighted by Gasteiger charge is -2.24. The molecule has 1 atom stereocenters. The van der Waals surface area contributed by atoms with Crippen molar-refractivity contribution in [3.63, 3.8) is 0 Å². The number of pyridine rings is 1. The average Bonchev–Trinajstić information content (AvgIpc) is 2.76. The van der Waals surface area contributed by atoms with Gasteiger partial charge in [0, 0.05) is 5.69 Å². The smallest absolute Gasteiger partial charge is 0.229 e. The molecule has 0 aliphatic heterocycles. The number of hydrogen-bond acceptors (Lipinski definition) is 5. The van der Waals surface area contributed by atoms with E-state index in [4.69, 9.17) is 4.52 Å². The molecule has 2 heterocycles. The van der Waals surface area contributed by atoms with E-state index < -0.39 is 6.10 Å². The highest BCUT2D eigenvalue weighted by Crippen LogP contribution is 2.22. The largest absolute Gasteiger partial charge is 0.392 e. The Morgan fingerprint density at radius 2 is 2.00 bits per heavy atom. The zero-order valence-corrected chi connectivity index (χ0v) is 11.7. The first-order valence-electron chi connectivity index (χ1n) is 6.31. The molecule has 0 amide bonds. The molecule has 0 spiro atoms. The van der Waals surface area contributed by atoms with Gasteiger partial charge in [-0.1, -0.05) is 32.0 Å². The van der Waals surface area contributed by atoms with E-state index in [1.807, 2.05) is 45.9 Å². The summed E-state index contributed by atoms with van der Waals surface area (Å²) < 4.78 is 5.16. The van der Waals surface area contributed by atoms with Crippen molar-refractivity contribution in [2.45, 2.75) is 40.2 Å². The van der Waals surface area contributed by atoms with Gasteiger partial charge < -0.3 is 9.63 Å². The molecular formula is C14H19N3O2. The van der Waals surface area contributed by atoms with E-state index in [2.05, 4.69) is 15.1 Å². The Morgan fingerprint density at radius 3 is 2.63 bits per heavy atom. The van der Waals surface area contributed by atoms with Crippen LogP contribution in [0, 0.1) is 12.3 Å². The summed E-state index contributed by atoms with van der Waals surface area (Å²) in [6, 6.07) is 5.65. The van der Waals surface area contributed by atoms with Crippen LogP contribution in [-0.4, -0.2) is 26.3 Å². The molecule has 5 heteroatoms. The minimum atomic E-state index is -0.522. The van der Waals surface area contributed by atoms with Crippen molar-refractivity contribution in [3.05, 3.63) is 29.8 Å². The minimum Gasteiger partial charge on any atom is -0.392 e. The molecule has 2 rings (SSSR count). The molecule has 2 aromatic heterocycles. The second kappa shape index (κ2) is 5.09. The molecule has 19 heavy (non-hydrogen) atoms. The number of aromatic nitrogens is 3. The number of nitrogens with zero attached hydrogens (tertiary/aromatic N) is 3. The third kappa shape index (κ3) is 3.38. The van der Waals surface area contributed by atoms with Gasteiger partial charge in [-0.05, 0) is 24.5 Å². The molecule has 0 saturated carbocycles. The van der Waals surface area contributed by atoms with Crippen LogP contribution >= 0.6 is 0 Å². The van der Waals surface area contributed by atoms with Gasteiger partial charge in [-0.2, -0.15) is 4.98 Å². The van der Waals surface area contributed by atoms with Gasteiger partial charge in [0.25, 0.3) is 0 Å². The van der Waals surface area contributed by atoms with Crippen molar-refractivity contribution in [2.24, 2.45) is 5.41 Å². The van der Waals surface area contributed by atoms with Crippen molar-refractivity contribution in [3.8, 4) is 11.5 Å². The van der Waals surface area contributed by atoms with Crippen molar-refractivity contribution in [1.82, 2.24) is 15.1 Å². The van der Waals surface area contributed by atoms with Gasteiger partial charge in [0.2, 0.25) is 11.7 Å². The fourth-order valence-electron chi connectivity index (χ4n) is 1.58. The first-order valence-corrected chi connectivity index (χ1v) is 6.31. The molecule has 0 aromatic carbocycles. The summed E-state index contributed by atoms with van der Waals surface area (Å²) >= 11 is 0. The minimum absolute atomic E-state index is 0.212. The van der Waals surface area contributed by atoms with E-state index in [-0.39, 0.29) is 5.41 Å². The summed E-state index contributed by atoms with van der Waals surface area (Å²) in [5.41, 5.74) is 1.37. The highest BCUT2D eigenvalue weighted by atomic mass is 16.5. The van der Waals surface area contributed by atoms with E-state index in [1.54, 1.807) is 0 Å². The zero-order valence-electron chi connectivity index (χ0n) is 11.7. The molecule has 102 valence electrons. The van der Waals surface area contributed by atoms with Crippen molar-refractivity contribution < 1.29 is 9.63 Å². The van der Waals surface area contributed by atoms with Gasteiger partial charge in [-0.15, -0.1) is 0 Å². The van der Waals surface area contributed by atoms with Crippen LogP contribution in [0.1, 0.15) is 32.4 Å². The fraction of sp³-hybridized carbons (Fsp3) is 0.500. The molecule has 0 saturated heterocycles. The number of aliphatic hydroxyl groups is 1. The lowest BCUT2D eigenvalue weighted by atomic mass is 9.87. The maximum atomic E-state index is 10.0. The highest BCUT2D eigenvalue weighted by molar-refractivity contribution is 5.47. The third-order valence-corrected chi connectivity index (χ3v) is 2.95. The third-order valence-electron chi connectivity index (χ3n) is 2.95. The summed E-state index contributed by atoms with van der Waals surface area (Å²) in [7, 11) is 0. The molecule has 2 aromatic rings. The van der Waals surface area contributed by atoms with Gasteiger partial charge >= 0.3 is 0 Å². The molecule has 0 aliphatic rings. The summed E-state index contributed by atoms with van der Waals surface area (Å²) in [6.45, 7) is 7.82. The highest BCUT2D eigenvalue weighted by Gasteiger charge is 2.24. The van der Waals surface area contributed by atoms with Crippen molar-refractivity contribution in [1.29, 1.82) is 0 Å². The molecule has 5 nitrogen and oxygen atoms in total. The Bertz CT molecular complexity index is 558. The van der Waals surface area contributed by atoms with Crippen LogP contribution in [0.15, 0.2) is 22.7 Å². The number of aryl methyl sites for hydroxylation is 1. The van der Waals surface area contributed by atoms with Crippen molar-refractivity contribution >= 4 is 0 Å². The first-order chi connectivity index (χ1) is 8.86. The van der Waals surface area contributed by atoms with Crippen LogP contribution in [-0.2, 0) is 6.42 Å². The lowest BCUT2D eigenvalue weighted by Crippen LogP contribution is -2.28. The predicted octanol–water partition coefficient (Wildman–Crippen LogP) is 2.39. The van der Waals surface area contributed by atoms with Crippen LogP contribution < -0.4 is 0 Å². The predicted molar refractivity (Wildman–Crippen MR) is 71.4 cm³/mol. The van der Waals surface area contributed by atoms with Gasteiger partial charge in [-0.25, -0.2) is 4.98 Å². The molecule has 1 unspecified atom stereocenters. The quantitative estimate of drug-likeness (QED) is 0.918. The Balaban J connectivity index is 2.16. The summed E-state index contributed by atoms with van der Waals surface area (Å²) in [6.07, 6.45) is -0.172. The SMILES string of the molecule is Cc1cccc(-c2noc(CC(O)C(C)(C)C)n2)n1. The number of rotatable bonds is 3. The number of hydrogen-bond donors (Lipinski definition) is 1. The normalized spacial score (nSPS) is 13.5. The zero-order chi connectivity index (χ0) is 14.0. The Labute approximate surface area is 112 Å². The van der Waals surface area contributed by atoms with Crippen LogP contribution in [0.3, 0.4) is 0 Å².